The Balaban J connectivity index is 1.53. The number of nitrogens with one attached hydrogen (secondary N) is 2. The Morgan fingerprint density at radius 2 is 1.90 bits per heavy atom. The number of nitrogens with two attached hydrogens (primary N) is 1. The van der Waals surface area contributed by atoms with Gasteiger partial charge in [0.15, 0.2) is 0 Å². The summed E-state index contributed by atoms with van der Waals surface area (Å²) in [5.74, 6) is 0.431. The lowest BCUT2D eigenvalue weighted by atomic mass is 9.84. The molecule has 30 heavy (non-hydrogen) atoms. The van der Waals surface area contributed by atoms with Crippen LogP contribution in [0.5, 0.6) is 0 Å². The van der Waals surface area contributed by atoms with E-state index in [9.17, 15) is 4.39 Å². The van der Waals surface area contributed by atoms with E-state index >= 15 is 0 Å². The van der Waals surface area contributed by atoms with E-state index in [0.29, 0.717) is 18.1 Å². The number of aromatic nitrogens is 4. The first-order valence-electron chi connectivity index (χ1n) is 9.59. The summed E-state index contributed by atoms with van der Waals surface area (Å²) >= 11 is 0. The van der Waals surface area contributed by atoms with Crippen molar-refractivity contribution in [1.82, 2.24) is 20.4 Å². The number of H-pyrrole nitrogens is 1. The maximum Gasteiger partial charge on any atom is 0.148 e. The molecule has 0 spiro atoms. The highest BCUT2D eigenvalue weighted by Gasteiger charge is 2.20. The molecule has 4 N–H and O–H groups in total. The van der Waals surface area contributed by atoms with E-state index in [4.69, 9.17) is 5.73 Å². The van der Waals surface area contributed by atoms with Crippen LogP contribution in [0.1, 0.15) is 25.0 Å². The third-order valence-corrected chi connectivity index (χ3v) is 5.19. The maximum absolute atomic E-state index is 13.2. The topological polar surface area (TPSA) is 92.5 Å². The first kappa shape index (κ1) is 19.6. The summed E-state index contributed by atoms with van der Waals surface area (Å²) in [6, 6.07) is 14.3. The van der Waals surface area contributed by atoms with E-state index in [0.717, 1.165) is 33.3 Å². The molecule has 0 aliphatic rings. The van der Waals surface area contributed by atoms with E-state index in [-0.39, 0.29) is 11.2 Å². The number of halogens is 1. The Morgan fingerprint density at radius 1 is 1.13 bits per heavy atom. The number of hydrogen-bond acceptors (Lipinski definition) is 5. The Hall–Kier alpha value is -3.74. The summed E-state index contributed by atoms with van der Waals surface area (Å²) in [7, 11) is 0. The molecule has 2 heterocycles. The Bertz CT molecular complexity index is 1190. The first-order chi connectivity index (χ1) is 14.3. The zero-order chi connectivity index (χ0) is 21.3. The summed E-state index contributed by atoms with van der Waals surface area (Å²) in [5, 5.41) is 19.9. The van der Waals surface area contributed by atoms with Crippen LogP contribution in [0.15, 0.2) is 61.3 Å². The zero-order valence-corrected chi connectivity index (χ0v) is 16.9. The summed E-state index contributed by atoms with van der Waals surface area (Å²) in [4.78, 5) is 0. The molecule has 4 rings (SSSR count). The van der Waals surface area contributed by atoms with Gasteiger partial charge in [-0.25, -0.2) is 4.39 Å². The maximum atomic E-state index is 13.2. The van der Waals surface area contributed by atoms with E-state index in [1.54, 1.807) is 18.3 Å². The number of anilines is 1. The van der Waals surface area contributed by atoms with Crippen LogP contribution < -0.4 is 11.1 Å². The lowest BCUT2D eigenvalue weighted by Crippen LogP contribution is -2.28. The highest BCUT2D eigenvalue weighted by molar-refractivity contribution is 5.93. The van der Waals surface area contributed by atoms with Crippen LogP contribution in [-0.4, -0.2) is 26.9 Å². The third kappa shape index (κ3) is 3.87. The van der Waals surface area contributed by atoms with Crippen LogP contribution in [0.3, 0.4) is 0 Å². The van der Waals surface area contributed by atoms with Crippen molar-refractivity contribution in [2.75, 3.05) is 11.9 Å². The SMILES string of the molecule is C=C(N)c1cc(-c2ccc(NCC(C)(C)c3ccc(F)cc3)nn2)cc2cn[nH]c12. The quantitative estimate of drug-likeness (QED) is 0.442. The molecule has 0 saturated heterocycles. The van der Waals surface area contributed by atoms with Crippen LogP contribution in [0.4, 0.5) is 10.2 Å². The predicted molar refractivity (Wildman–Crippen MR) is 118 cm³/mol. The largest absolute Gasteiger partial charge is 0.399 e. The van der Waals surface area contributed by atoms with Gasteiger partial charge in [0.05, 0.1) is 17.4 Å². The molecule has 0 radical (unpaired) electrons. The van der Waals surface area contributed by atoms with Gasteiger partial charge in [0.2, 0.25) is 0 Å². The van der Waals surface area contributed by atoms with Crippen molar-refractivity contribution >= 4 is 22.4 Å². The molecule has 0 unspecified atom stereocenters. The van der Waals surface area contributed by atoms with Gasteiger partial charge in [0.25, 0.3) is 0 Å². The first-order valence-corrected chi connectivity index (χ1v) is 9.59. The van der Waals surface area contributed by atoms with Crippen molar-refractivity contribution in [2.24, 2.45) is 5.73 Å². The monoisotopic (exact) mass is 402 g/mol. The molecular weight excluding hydrogens is 379 g/mol. The second-order valence-electron chi connectivity index (χ2n) is 7.93. The van der Waals surface area contributed by atoms with Crippen molar-refractivity contribution in [3.05, 3.63) is 78.3 Å². The minimum Gasteiger partial charge on any atom is -0.399 e. The molecule has 0 atom stereocenters. The normalized spacial score (nSPS) is 11.6. The molecule has 0 aliphatic heterocycles. The molecule has 2 aromatic heterocycles. The highest BCUT2D eigenvalue weighted by Crippen LogP contribution is 2.28. The fraction of sp³-hybridized carbons (Fsp3) is 0.174. The van der Waals surface area contributed by atoms with Crippen LogP contribution in [-0.2, 0) is 5.41 Å². The van der Waals surface area contributed by atoms with Gasteiger partial charge in [0.1, 0.15) is 11.6 Å². The van der Waals surface area contributed by atoms with Gasteiger partial charge in [-0.2, -0.15) is 5.10 Å². The number of hydrogen-bond donors (Lipinski definition) is 3. The Kier molecular flexibility index (Phi) is 4.95. The Morgan fingerprint density at radius 3 is 2.57 bits per heavy atom. The number of nitrogens with zero attached hydrogens (tertiary/aromatic N) is 3. The molecular formula is C23H23FN6. The molecule has 0 fully saturated rings. The van der Waals surface area contributed by atoms with Crippen molar-refractivity contribution in [1.29, 1.82) is 0 Å². The molecule has 2 aromatic carbocycles. The Labute approximate surface area is 174 Å². The standard InChI is InChI=1S/C23H23FN6/c1-14(25)19-11-15(10-16-12-27-30-22(16)19)20-8-9-21(29-28-20)26-13-23(2,3)17-4-6-18(24)7-5-17/h4-12H,1,13,25H2,2-3H3,(H,26,29)(H,27,30). The zero-order valence-electron chi connectivity index (χ0n) is 16.9. The lowest BCUT2D eigenvalue weighted by Gasteiger charge is -2.25. The van der Waals surface area contributed by atoms with E-state index < -0.39 is 0 Å². The molecule has 4 aromatic rings. The van der Waals surface area contributed by atoms with Gasteiger partial charge in [-0.1, -0.05) is 32.6 Å². The number of rotatable bonds is 6. The number of aromatic amines is 1. The van der Waals surface area contributed by atoms with Gasteiger partial charge >= 0.3 is 0 Å². The van der Waals surface area contributed by atoms with Crippen LogP contribution >= 0.6 is 0 Å². The summed E-state index contributed by atoms with van der Waals surface area (Å²) < 4.78 is 13.2. The molecule has 152 valence electrons. The van der Waals surface area contributed by atoms with Gasteiger partial charge in [0, 0.05) is 34.2 Å². The number of benzene rings is 2. The molecule has 0 saturated carbocycles. The predicted octanol–water partition coefficient (Wildman–Crippen LogP) is 4.48. The summed E-state index contributed by atoms with van der Waals surface area (Å²) in [5.41, 5.74) is 10.5. The van der Waals surface area contributed by atoms with Gasteiger partial charge in [-0.15, -0.1) is 10.2 Å². The van der Waals surface area contributed by atoms with Gasteiger partial charge in [-0.05, 0) is 42.0 Å². The van der Waals surface area contributed by atoms with Gasteiger partial charge < -0.3 is 11.1 Å². The second-order valence-corrected chi connectivity index (χ2v) is 7.93. The lowest BCUT2D eigenvalue weighted by molar-refractivity contribution is 0.552. The van der Waals surface area contributed by atoms with Crippen LogP contribution in [0, 0.1) is 5.82 Å². The van der Waals surface area contributed by atoms with Crippen molar-refractivity contribution < 1.29 is 4.39 Å². The summed E-state index contributed by atoms with van der Waals surface area (Å²) in [6.07, 6.45) is 1.74. The minimum absolute atomic E-state index is 0.198. The number of fused-ring (bicyclic) bond motifs is 1. The van der Waals surface area contributed by atoms with Gasteiger partial charge in [-0.3, -0.25) is 5.10 Å². The van der Waals surface area contributed by atoms with Crippen LogP contribution in [0.2, 0.25) is 0 Å². The average Bonchev–Trinajstić information content (AvgIpc) is 3.21. The average molecular weight is 402 g/mol. The molecule has 0 bridgehead atoms. The molecule has 0 amide bonds. The fourth-order valence-corrected chi connectivity index (χ4v) is 3.35. The smallest absolute Gasteiger partial charge is 0.148 e. The van der Waals surface area contributed by atoms with E-state index in [1.165, 1.54) is 12.1 Å². The summed E-state index contributed by atoms with van der Waals surface area (Å²) in [6.45, 7) is 8.66. The molecule has 0 aliphatic carbocycles. The third-order valence-electron chi connectivity index (χ3n) is 5.19. The fourth-order valence-electron chi connectivity index (χ4n) is 3.35. The highest BCUT2D eigenvalue weighted by atomic mass is 19.1. The molecule has 6 nitrogen and oxygen atoms in total. The van der Waals surface area contributed by atoms with Crippen molar-refractivity contribution in [3.8, 4) is 11.3 Å². The van der Waals surface area contributed by atoms with E-state index in [1.807, 2.05) is 24.3 Å². The molecule has 7 heteroatoms. The second kappa shape index (κ2) is 7.59. The van der Waals surface area contributed by atoms with Crippen molar-refractivity contribution in [3.63, 3.8) is 0 Å². The van der Waals surface area contributed by atoms with Crippen LogP contribution in [0.25, 0.3) is 27.9 Å². The van der Waals surface area contributed by atoms with Crippen molar-refractivity contribution in [2.45, 2.75) is 19.3 Å². The minimum atomic E-state index is -0.237. The van der Waals surface area contributed by atoms with E-state index in [2.05, 4.69) is 46.1 Å².